The first-order valence-electron chi connectivity index (χ1n) is 32.1. The van der Waals surface area contributed by atoms with E-state index in [-0.39, 0.29) is 46.2 Å². The van der Waals surface area contributed by atoms with E-state index in [1.165, 1.54) is 26.0 Å². The van der Waals surface area contributed by atoms with Gasteiger partial charge in [-0.25, -0.2) is 0 Å². The van der Waals surface area contributed by atoms with Crippen LogP contribution in [0.15, 0.2) is 78.9 Å². The Morgan fingerprint density at radius 3 is 1.90 bits per heavy atom. The van der Waals surface area contributed by atoms with Crippen LogP contribution >= 0.6 is 23.2 Å². The van der Waals surface area contributed by atoms with Crippen molar-refractivity contribution in [2.24, 2.45) is 17.4 Å². The van der Waals surface area contributed by atoms with E-state index in [2.05, 4.69) is 31.9 Å². The van der Waals surface area contributed by atoms with Crippen LogP contribution in [0.25, 0.3) is 11.1 Å². The summed E-state index contributed by atoms with van der Waals surface area (Å²) in [7, 11) is 3.36. The Hall–Kier alpha value is -9.20. The van der Waals surface area contributed by atoms with Gasteiger partial charge in [0.2, 0.25) is 47.5 Å². The summed E-state index contributed by atoms with van der Waals surface area (Å²) in [4.78, 5) is 118. The predicted molar refractivity (Wildman–Crippen MR) is 350 cm³/mol. The molecule has 0 radical (unpaired) electrons. The molecule has 7 amide bonds. The molecule has 0 aromatic heterocycles. The molecule has 0 spiro atoms. The van der Waals surface area contributed by atoms with Crippen LogP contribution in [0.3, 0.4) is 0 Å². The summed E-state index contributed by atoms with van der Waals surface area (Å²) in [6.45, 7) is 5.72. The summed E-state index contributed by atoms with van der Waals surface area (Å²) in [5, 5.41) is 130. The number of likely N-dealkylation sites (N-methyl/N-ethyl adjacent to an activating group) is 1. The molecule has 18 atom stereocenters. The summed E-state index contributed by atoms with van der Waals surface area (Å²) in [6.07, 6.45) is -18.5. The zero-order chi connectivity index (χ0) is 74.4. The third kappa shape index (κ3) is 15.9. The minimum atomic E-state index is -2.36. The number of carboxylic acid groups (broad SMARTS) is 1. The first-order chi connectivity index (χ1) is 48.0. The number of primary amides is 1. The summed E-state index contributed by atoms with van der Waals surface area (Å²) in [5.74, 6) is -16.3. The molecule has 0 aliphatic carbocycles. The number of fused-ring (bicyclic) bond motifs is 15. The number of phenols is 3. The molecule has 7 aliphatic heterocycles. The van der Waals surface area contributed by atoms with Crippen molar-refractivity contribution in [3.8, 4) is 57.1 Å². The quantitative estimate of drug-likeness (QED) is 0.0589. The molecular weight excluding hydrogens is 1390 g/mol. The van der Waals surface area contributed by atoms with Gasteiger partial charge in [0.05, 0.1) is 61.4 Å². The number of aromatic hydroxyl groups is 3. The highest BCUT2D eigenvalue weighted by molar-refractivity contribution is 6.32. The van der Waals surface area contributed by atoms with Crippen LogP contribution in [0.4, 0.5) is 0 Å². The fourth-order valence-corrected chi connectivity index (χ4v) is 13.2. The van der Waals surface area contributed by atoms with Gasteiger partial charge < -0.3 is 133 Å². The maximum atomic E-state index is 16.0. The number of aliphatic carboxylic acids is 1. The van der Waals surface area contributed by atoms with Crippen molar-refractivity contribution >= 4 is 70.5 Å². The Kier molecular flexibility index (Phi) is 22.5. The maximum Gasteiger partial charge on any atom is 0.279 e. The number of nitrogens with one attached hydrogen (secondary N) is 7. The van der Waals surface area contributed by atoms with Crippen LogP contribution in [-0.4, -0.2) is 193 Å². The van der Waals surface area contributed by atoms with E-state index in [1.807, 2.05) is 13.8 Å². The topological polar surface area (TPSA) is 526 Å². The van der Waals surface area contributed by atoms with Gasteiger partial charge in [-0.05, 0) is 102 Å². The molecule has 7 heterocycles. The van der Waals surface area contributed by atoms with Crippen molar-refractivity contribution in [1.82, 2.24) is 31.9 Å². The predicted octanol–water partition coefficient (Wildman–Crippen LogP) is -2.30. The van der Waals surface area contributed by atoms with E-state index in [1.54, 1.807) is 14.1 Å². The molecule has 0 saturated carbocycles. The number of nitrogens with two attached hydrogens (primary N) is 2. The van der Waals surface area contributed by atoms with Gasteiger partial charge >= 0.3 is 0 Å². The SMILES string of the molecule is CC(C)C[C@H](C(=O)N[C@H]1C(=O)N[C@@H](CC(N)=O)C(=O)N[C@H]2C(=O)N[C@H]3C(=O)N[C@H](C(=O)N[C@H](C(=O)[O-])c4cc(O)cc(O)c4-c4cc3ccc4O)[C@H](O)c3ccc(c(Cl)c3)Oc3cc2cc(c3O[C@@H]2O[C@H](CO)[C@@H](O)[C@H](O)[C@H]2OC2C[C@](C)(N)[C@H](O)[C@H](C)O2)Oc2ccc(cc2Cl)[C@H]1O)[NH+](C)C. The van der Waals surface area contributed by atoms with Gasteiger partial charge in [0.15, 0.2) is 29.9 Å². The molecule has 5 aromatic carbocycles. The highest BCUT2D eigenvalue weighted by atomic mass is 35.5. The average Bonchev–Trinajstić information content (AvgIpc) is 0.770. The first-order valence-corrected chi connectivity index (χ1v) is 32.9. The molecule has 20 N–H and O–H groups in total. The van der Waals surface area contributed by atoms with Gasteiger partial charge in [-0.15, -0.1) is 0 Å². The third-order valence-corrected chi connectivity index (χ3v) is 18.7. The van der Waals surface area contributed by atoms with Crippen LogP contribution in [0.1, 0.15) is 105 Å². The number of phenolic OH excluding ortho intramolecular Hbond substituents is 3. The Balaban J connectivity index is 1.24. The third-order valence-electron chi connectivity index (χ3n) is 18.1. The highest BCUT2D eigenvalue weighted by Crippen LogP contribution is 2.50. The molecule has 7 aliphatic rings. The van der Waals surface area contributed by atoms with Crippen molar-refractivity contribution in [2.75, 3.05) is 20.7 Å². The molecular formula is C67H77Cl2N9O24. The molecule has 12 rings (SSSR count). The van der Waals surface area contributed by atoms with Crippen molar-refractivity contribution in [3.63, 3.8) is 0 Å². The number of hydrogen-bond donors (Lipinski definition) is 18. The minimum Gasteiger partial charge on any atom is -0.548 e. The number of carbonyl (C=O) groups excluding carboxylic acids is 8. The smallest absolute Gasteiger partial charge is 0.279 e. The Morgan fingerprint density at radius 2 is 1.32 bits per heavy atom. The van der Waals surface area contributed by atoms with Crippen molar-refractivity contribution in [3.05, 3.63) is 117 Å². The number of ether oxygens (including phenoxy) is 6. The van der Waals surface area contributed by atoms with Gasteiger partial charge in [-0.2, -0.15) is 0 Å². The summed E-state index contributed by atoms with van der Waals surface area (Å²) in [5.41, 5.74) is 7.88. The van der Waals surface area contributed by atoms with Gasteiger partial charge in [-0.1, -0.05) is 55.2 Å². The van der Waals surface area contributed by atoms with Gasteiger partial charge in [0.25, 0.3) is 5.91 Å². The van der Waals surface area contributed by atoms with Gasteiger partial charge in [-0.3, -0.25) is 33.6 Å². The van der Waals surface area contributed by atoms with Crippen LogP contribution in [0, 0.1) is 5.92 Å². The molecule has 2 fully saturated rings. The molecule has 102 heavy (non-hydrogen) atoms. The van der Waals surface area contributed by atoms with Crippen LogP contribution < -0.4 is 67.6 Å². The number of halogens is 2. The molecule has 1 unspecified atom stereocenters. The van der Waals surface area contributed by atoms with Crippen molar-refractivity contribution < 1.29 is 123 Å². The second kappa shape index (κ2) is 30.4. The van der Waals surface area contributed by atoms with E-state index in [0.29, 0.717) is 4.90 Å². The zero-order valence-corrected chi connectivity index (χ0v) is 56.8. The lowest BCUT2D eigenvalue weighted by Gasteiger charge is -2.47. The Morgan fingerprint density at radius 1 is 0.725 bits per heavy atom. The number of quaternary nitrogens is 1. The van der Waals surface area contributed by atoms with Gasteiger partial charge in [0, 0.05) is 35.6 Å². The van der Waals surface area contributed by atoms with Crippen LogP contribution in [-0.2, 0) is 52.6 Å². The van der Waals surface area contributed by atoms with E-state index >= 15 is 14.4 Å². The number of hydrogen-bond acceptors (Lipinski definition) is 25. The van der Waals surface area contributed by atoms with Crippen LogP contribution in [0.5, 0.6) is 46.0 Å². The van der Waals surface area contributed by atoms with E-state index in [9.17, 15) is 75.0 Å². The monoisotopic (exact) mass is 1460 g/mol. The number of carbonyl (C=O) groups is 8. The van der Waals surface area contributed by atoms with E-state index in [0.717, 1.165) is 66.7 Å². The molecule has 548 valence electrons. The number of carboxylic acids is 1. The van der Waals surface area contributed by atoms with E-state index in [4.69, 9.17) is 63.1 Å². The summed E-state index contributed by atoms with van der Waals surface area (Å²) >= 11 is 14.1. The highest BCUT2D eigenvalue weighted by Gasteiger charge is 2.51. The zero-order valence-electron chi connectivity index (χ0n) is 55.3. The molecule has 5 aromatic rings. The Bertz CT molecular complexity index is 4110. The number of benzene rings is 5. The van der Waals surface area contributed by atoms with Gasteiger partial charge in [0.1, 0.15) is 89.5 Å². The van der Waals surface area contributed by atoms with Crippen molar-refractivity contribution in [1.29, 1.82) is 0 Å². The molecule has 2 saturated heterocycles. The summed E-state index contributed by atoms with van der Waals surface area (Å²) in [6, 6.07) is -0.782. The second-order valence-electron chi connectivity index (χ2n) is 26.5. The minimum absolute atomic E-state index is 0.0740. The normalized spacial score (nSPS) is 29.3. The number of aliphatic hydroxyl groups excluding tert-OH is 6. The maximum absolute atomic E-state index is 16.0. The number of amides is 7. The molecule has 11 bridgehead atoms. The standard InChI is InChI=1S/C67H77Cl2N9O24/c1-24(2)13-36(78(5)6)60(90)76-50-52(84)27-8-11-39(33(68)15-27)98-41-17-29-18-42(56(41)102-66-57(55(87)54(86)43(23-79)100-66)101-45-22-67(4,71)58(88)25(3)97-45)99-40-12-9-28(16-34(40)69)53(85)51-64(94)75-49(65(95)96)32-19-30(80)20-38(82)46(32)31-14-26(7-10-37(31)81)47(61(91)77-51)74-62(92)48(29)73-59(89)35(21-44(70)83)72-63(50)93/h7-12,14-20,24-25,35-36,43,45,47-55,57-58,66,79-82,84-88H,13,21-23,71H2,1-6H3,(H2,70,83)(H,72,93)(H,73,89)(H,74,92)(H,75,94)(H,76,90)(H,77,91)(H,95,96)/t25-,35-,36+,43+,45?,47+,48+,49-,50+,51-,52+,53+,54+,55-,57+,58+,66-,67-/m0/s1. The average molecular weight is 1460 g/mol. The Labute approximate surface area is 590 Å². The molecule has 33 nitrogen and oxygen atoms in total. The second-order valence-corrected chi connectivity index (χ2v) is 27.3. The first kappa shape index (κ1) is 75.5. The number of aliphatic hydroxyl groups is 6. The fourth-order valence-electron chi connectivity index (χ4n) is 12.7. The fraction of sp³-hybridized carbons (Fsp3) is 0.433. The molecule has 35 heteroatoms. The van der Waals surface area contributed by atoms with Crippen molar-refractivity contribution in [2.45, 2.75) is 156 Å². The lowest BCUT2D eigenvalue weighted by Crippen LogP contribution is -3.11. The largest absolute Gasteiger partial charge is 0.548 e. The summed E-state index contributed by atoms with van der Waals surface area (Å²) < 4.78 is 38.3. The lowest BCUT2D eigenvalue weighted by atomic mass is 9.86. The lowest BCUT2D eigenvalue weighted by molar-refractivity contribution is -0.876. The van der Waals surface area contributed by atoms with E-state index < -0.39 is 237 Å². The number of rotatable bonds is 13. The van der Waals surface area contributed by atoms with Crippen LogP contribution in [0.2, 0.25) is 10.0 Å².